The van der Waals surface area contributed by atoms with E-state index in [9.17, 15) is 63.6 Å². The van der Waals surface area contributed by atoms with Crippen molar-refractivity contribution >= 4 is 64.1 Å². The zero-order valence-electron chi connectivity index (χ0n) is 43.6. The molecule has 4 rings (SSSR count). The van der Waals surface area contributed by atoms with Crippen molar-refractivity contribution in [3.05, 3.63) is 102 Å². The minimum Gasteiger partial charge on any atom is -0.508 e. The maximum absolute atomic E-state index is 14.4. The molecule has 0 saturated carbocycles. The van der Waals surface area contributed by atoms with E-state index in [1.54, 1.807) is 44.3 Å². The van der Waals surface area contributed by atoms with Crippen molar-refractivity contribution < 1.29 is 63.6 Å². The molecule has 8 amide bonds. The number of carbonyl (C=O) groups excluding carboxylic acids is 8. The first-order chi connectivity index (χ1) is 35.8. The summed E-state index contributed by atoms with van der Waals surface area (Å²) in [5, 5.41) is 61.1. The number of hydrogen-bond donors (Lipinski definition) is 14. The Morgan fingerprint density at radius 1 is 0.539 bits per heavy atom. The van der Waals surface area contributed by atoms with Crippen molar-refractivity contribution in [1.29, 1.82) is 0 Å². The zero-order valence-corrected chi connectivity index (χ0v) is 43.6. The number of aliphatic carboxylic acids is 1. The molecule has 0 unspecified atom stereocenters. The van der Waals surface area contributed by atoms with Gasteiger partial charge in [0.05, 0.1) is 24.8 Å². The summed E-state index contributed by atoms with van der Waals surface area (Å²) < 4.78 is 0. The van der Waals surface area contributed by atoms with Gasteiger partial charge in [0.15, 0.2) is 6.04 Å². The number of aliphatic hydroxyl groups excluding tert-OH is 2. The number of aromatic amines is 1. The van der Waals surface area contributed by atoms with Gasteiger partial charge in [0.25, 0.3) is 0 Å². The molecule has 412 valence electrons. The third-order valence-electron chi connectivity index (χ3n) is 12.3. The van der Waals surface area contributed by atoms with E-state index >= 15 is 0 Å². The number of hydrogen-bond acceptors (Lipinski definition) is 13. The molecule has 0 saturated heterocycles. The highest BCUT2D eigenvalue weighted by Gasteiger charge is 2.36. The summed E-state index contributed by atoms with van der Waals surface area (Å²) in [5.74, 6) is -9.13. The number of nitrogens with one attached hydrogen (secondary N) is 9. The molecule has 3 aromatic carbocycles. The number of carbonyl (C=O) groups is 9. The number of aromatic hydroxyl groups is 1. The summed E-state index contributed by atoms with van der Waals surface area (Å²) in [4.78, 5) is 124. The van der Waals surface area contributed by atoms with E-state index in [1.165, 1.54) is 38.1 Å². The average molecular weight is 1060 g/mol. The highest BCUT2D eigenvalue weighted by molar-refractivity contribution is 5.98. The maximum Gasteiger partial charge on any atom is 0.328 e. The second kappa shape index (κ2) is 28.7. The standard InChI is InChI=1S/C53H72N10O13/c1-27(2)21-39(58-42(67)26-56-47(69)37(54)22-32-13-9-8-10-14-32)49(71)61-43(28(3)4)51(73)59-40(23-33-17-19-35(66)20-18-33)50(72)62-44(30(6)64)52(74)60-41(24-34-25-55-38-16-12-11-15-36(34)38)48(70)57-29(5)46(68)63-45(31(7)65)53(75)76/h8-20,25,27-31,37,39-41,43-45,55,64-66H,21-24,26,54H2,1-7H3,(H,56,69)(H,57,70)(H,58,67)(H,59,73)(H,60,74)(H,61,71)(H,62,72)(H,63,68)(H,75,76)/t29-,30+,31+,37-,39-,40-,41-,43-,44-,45-/m0/s1. The minimum atomic E-state index is -1.78. The molecule has 4 aromatic rings. The van der Waals surface area contributed by atoms with Crippen molar-refractivity contribution in [3.63, 3.8) is 0 Å². The number of nitrogens with two attached hydrogens (primary N) is 1. The van der Waals surface area contributed by atoms with Gasteiger partial charge in [-0.1, -0.05) is 88.4 Å². The fourth-order valence-corrected chi connectivity index (χ4v) is 8.03. The molecule has 1 aromatic heterocycles. The number of amides is 8. The Balaban J connectivity index is 1.54. The van der Waals surface area contributed by atoms with Gasteiger partial charge in [0.2, 0.25) is 47.3 Å². The SMILES string of the molecule is CC(C)C[C@H](NC(=O)CNC(=O)[C@@H](N)Cc1ccccc1)C(=O)N[C@H](C(=O)N[C@@H](Cc1ccc(O)cc1)C(=O)N[C@H](C(=O)N[C@@H](Cc1c[nH]c2ccccc12)C(=O)N[C@@H](C)C(=O)N[C@H](C(=O)O)[C@@H](C)O)[C@@H](C)O)C(C)C. The summed E-state index contributed by atoms with van der Waals surface area (Å²) in [6.45, 7) is 10.0. The summed E-state index contributed by atoms with van der Waals surface area (Å²) in [6, 6.07) is 10.6. The van der Waals surface area contributed by atoms with E-state index in [1.807, 2.05) is 44.2 Å². The Morgan fingerprint density at radius 3 is 1.66 bits per heavy atom. The molecule has 0 spiro atoms. The molecule has 15 N–H and O–H groups in total. The monoisotopic (exact) mass is 1060 g/mol. The Kier molecular flexibility index (Phi) is 22.9. The molecule has 76 heavy (non-hydrogen) atoms. The number of carboxylic acid groups (broad SMARTS) is 1. The maximum atomic E-state index is 14.4. The lowest BCUT2D eigenvalue weighted by molar-refractivity contribution is -0.145. The molecule has 0 aliphatic carbocycles. The fraction of sp³-hybridized carbons (Fsp3) is 0.453. The van der Waals surface area contributed by atoms with Crippen LogP contribution in [0, 0.1) is 11.8 Å². The van der Waals surface area contributed by atoms with Gasteiger partial charge in [-0.15, -0.1) is 0 Å². The fourth-order valence-electron chi connectivity index (χ4n) is 8.03. The van der Waals surface area contributed by atoms with Crippen molar-refractivity contribution in [2.24, 2.45) is 17.6 Å². The molecule has 0 fully saturated rings. The van der Waals surface area contributed by atoms with Gasteiger partial charge in [-0.25, -0.2) is 4.79 Å². The zero-order chi connectivity index (χ0) is 56.4. The van der Waals surface area contributed by atoms with Crippen LogP contribution in [0.5, 0.6) is 5.75 Å². The van der Waals surface area contributed by atoms with Gasteiger partial charge in [0, 0.05) is 29.9 Å². The molecule has 23 nitrogen and oxygen atoms in total. The van der Waals surface area contributed by atoms with Gasteiger partial charge in [-0.2, -0.15) is 0 Å². The molecule has 0 aliphatic rings. The first kappa shape index (κ1) is 60.7. The van der Waals surface area contributed by atoms with Crippen LogP contribution in [0.2, 0.25) is 0 Å². The Labute approximate surface area is 440 Å². The topological polar surface area (TPSA) is 373 Å². The molecule has 1 heterocycles. The molecular weight excluding hydrogens is 985 g/mol. The predicted molar refractivity (Wildman–Crippen MR) is 279 cm³/mol. The number of phenolic OH excluding ortho intramolecular Hbond substituents is 1. The van der Waals surface area contributed by atoms with Crippen molar-refractivity contribution in [2.45, 2.75) is 135 Å². The van der Waals surface area contributed by atoms with Gasteiger partial charge >= 0.3 is 5.97 Å². The first-order valence-corrected chi connectivity index (χ1v) is 25.0. The van der Waals surface area contributed by atoms with Crippen molar-refractivity contribution in [3.8, 4) is 5.75 Å². The second-order valence-electron chi connectivity index (χ2n) is 19.6. The molecule has 0 bridgehead atoms. The van der Waals surface area contributed by atoms with Crippen LogP contribution in [0.15, 0.2) is 85.1 Å². The molecule has 0 aliphatic heterocycles. The number of benzene rings is 3. The number of para-hydroxylation sites is 1. The Hall–Kier alpha value is -7.89. The van der Waals surface area contributed by atoms with Crippen molar-refractivity contribution in [2.75, 3.05) is 6.54 Å². The van der Waals surface area contributed by atoms with Crippen LogP contribution in [0.25, 0.3) is 10.9 Å². The van der Waals surface area contributed by atoms with Crippen molar-refractivity contribution in [1.82, 2.24) is 47.5 Å². The number of aromatic nitrogens is 1. The lowest BCUT2D eigenvalue weighted by atomic mass is 9.98. The van der Waals surface area contributed by atoms with E-state index in [2.05, 4.69) is 47.5 Å². The highest BCUT2D eigenvalue weighted by Crippen LogP contribution is 2.20. The smallest absolute Gasteiger partial charge is 0.328 e. The van der Waals surface area contributed by atoms with E-state index in [0.29, 0.717) is 22.0 Å². The molecule has 23 heteroatoms. The number of carboxylic acids is 1. The molecule has 0 radical (unpaired) electrons. The summed E-state index contributed by atoms with van der Waals surface area (Å²) in [7, 11) is 0. The molecule has 10 atom stereocenters. The lowest BCUT2D eigenvalue weighted by Crippen LogP contribution is -2.62. The van der Waals surface area contributed by atoms with Crippen LogP contribution in [-0.2, 0) is 62.4 Å². The summed E-state index contributed by atoms with van der Waals surface area (Å²) in [5.41, 5.74) is 8.58. The molecular formula is C53H72N10O13. The van der Waals surface area contributed by atoms with Crippen LogP contribution in [0.4, 0.5) is 0 Å². The van der Waals surface area contributed by atoms with E-state index < -0.39 is 126 Å². The van der Waals surface area contributed by atoms with Crippen LogP contribution >= 0.6 is 0 Å². The Bertz CT molecular complexity index is 2640. The number of H-pyrrole nitrogens is 1. The third-order valence-corrected chi connectivity index (χ3v) is 12.3. The number of fused-ring (bicyclic) bond motifs is 1. The predicted octanol–water partition coefficient (Wildman–Crippen LogP) is -0.693. The van der Waals surface area contributed by atoms with E-state index in [4.69, 9.17) is 5.73 Å². The van der Waals surface area contributed by atoms with Crippen LogP contribution < -0.4 is 48.3 Å². The Morgan fingerprint density at radius 2 is 1.07 bits per heavy atom. The normalized spacial score (nSPS) is 15.3. The average Bonchev–Trinajstić information content (AvgIpc) is 3.77. The first-order valence-electron chi connectivity index (χ1n) is 25.0. The van der Waals surface area contributed by atoms with Crippen LogP contribution in [0.1, 0.15) is 71.6 Å². The van der Waals surface area contributed by atoms with Gasteiger partial charge in [-0.05, 0) is 80.3 Å². The largest absolute Gasteiger partial charge is 0.508 e. The van der Waals surface area contributed by atoms with Gasteiger partial charge in [-0.3, -0.25) is 38.4 Å². The minimum absolute atomic E-state index is 0.0928. The lowest BCUT2D eigenvalue weighted by Gasteiger charge is -2.29. The summed E-state index contributed by atoms with van der Waals surface area (Å²) >= 11 is 0. The van der Waals surface area contributed by atoms with Gasteiger partial charge < -0.3 is 73.7 Å². The van der Waals surface area contributed by atoms with E-state index in [0.717, 1.165) is 12.5 Å². The summed E-state index contributed by atoms with van der Waals surface area (Å²) in [6.07, 6.45) is -1.57. The number of aliphatic hydroxyl groups is 2. The number of rotatable bonds is 28. The van der Waals surface area contributed by atoms with Crippen LogP contribution in [-0.4, -0.2) is 146 Å². The van der Waals surface area contributed by atoms with Gasteiger partial charge in [0.1, 0.15) is 42.0 Å². The van der Waals surface area contributed by atoms with Crippen LogP contribution in [0.3, 0.4) is 0 Å². The van der Waals surface area contributed by atoms with E-state index in [-0.39, 0.29) is 37.4 Å². The quantitative estimate of drug-likeness (QED) is 0.0335. The number of phenols is 1. The highest BCUT2D eigenvalue weighted by atomic mass is 16.4. The second-order valence-corrected chi connectivity index (χ2v) is 19.6. The third kappa shape index (κ3) is 18.5.